The molecule has 0 bridgehead atoms. The zero-order valence-electron chi connectivity index (χ0n) is 5.96. The zero-order chi connectivity index (χ0) is 7.84. The van der Waals surface area contributed by atoms with Gasteiger partial charge in [-0.05, 0) is 12.8 Å². The van der Waals surface area contributed by atoms with Crippen molar-refractivity contribution in [3.8, 4) is 0 Å². The number of hydrogen-bond donors (Lipinski definition) is 1. The van der Waals surface area contributed by atoms with Gasteiger partial charge in [0.15, 0.2) is 0 Å². The van der Waals surface area contributed by atoms with Crippen LogP contribution in [0.15, 0.2) is 4.99 Å². The van der Waals surface area contributed by atoms with Crippen molar-refractivity contribution >= 4 is 28.8 Å². The Morgan fingerprint density at radius 1 is 1.55 bits per heavy atom. The molecule has 4 heteroatoms. The minimum Gasteiger partial charge on any atom is -0.314 e. The van der Waals surface area contributed by atoms with Crippen LogP contribution in [0.2, 0.25) is 0 Å². The summed E-state index contributed by atoms with van der Waals surface area (Å²) in [7, 11) is 0. The fourth-order valence-electron chi connectivity index (χ4n) is 1.13. The van der Waals surface area contributed by atoms with Gasteiger partial charge in [0.1, 0.15) is 10.7 Å². The lowest BCUT2D eigenvalue weighted by atomic mass is 10.2. The predicted octanol–water partition coefficient (Wildman–Crippen LogP) is 0.295. The van der Waals surface area contributed by atoms with Gasteiger partial charge in [0, 0.05) is 5.92 Å². The van der Waals surface area contributed by atoms with E-state index in [0.717, 1.165) is 12.8 Å². The molecular formula is C7H8N2OS. The second-order valence-corrected chi connectivity index (χ2v) is 3.35. The number of nitrogens with one attached hydrogen (secondary N) is 1. The summed E-state index contributed by atoms with van der Waals surface area (Å²) < 4.78 is 0. The second-order valence-electron chi connectivity index (χ2n) is 2.85. The van der Waals surface area contributed by atoms with Crippen molar-refractivity contribution in [3.63, 3.8) is 0 Å². The van der Waals surface area contributed by atoms with E-state index in [2.05, 4.69) is 10.3 Å². The van der Waals surface area contributed by atoms with E-state index < -0.39 is 0 Å². The Labute approximate surface area is 69.9 Å². The molecule has 2 aliphatic rings. The molecule has 0 aromatic rings. The molecule has 0 atom stereocenters. The second kappa shape index (κ2) is 2.37. The Morgan fingerprint density at radius 2 is 2.27 bits per heavy atom. The zero-order valence-corrected chi connectivity index (χ0v) is 6.78. The monoisotopic (exact) mass is 168 g/mol. The van der Waals surface area contributed by atoms with Crippen molar-refractivity contribution in [1.82, 2.24) is 5.32 Å². The molecular weight excluding hydrogens is 160 g/mol. The number of rotatable bonds is 1. The van der Waals surface area contributed by atoms with Crippen LogP contribution in [0.5, 0.6) is 0 Å². The summed E-state index contributed by atoms with van der Waals surface area (Å²) in [4.78, 5) is 15.8. The molecule has 1 aliphatic carbocycles. The topological polar surface area (TPSA) is 41.5 Å². The van der Waals surface area contributed by atoms with Crippen LogP contribution < -0.4 is 5.32 Å². The average Bonchev–Trinajstić information content (AvgIpc) is 2.70. The highest BCUT2D eigenvalue weighted by atomic mass is 32.1. The predicted molar refractivity (Wildman–Crippen MR) is 45.8 cm³/mol. The molecule has 1 saturated carbocycles. The number of nitrogens with zero attached hydrogens (tertiary/aromatic N) is 1. The maximum atomic E-state index is 11.2. The third-order valence-corrected chi connectivity index (χ3v) is 2.07. The average molecular weight is 168 g/mol. The Hall–Kier alpha value is -0.770. The summed E-state index contributed by atoms with van der Waals surface area (Å²) in [6.45, 7) is 0.493. The van der Waals surface area contributed by atoms with Crippen LogP contribution in [0.25, 0.3) is 0 Å². The van der Waals surface area contributed by atoms with Gasteiger partial charge in [0.25, 0.3) is 5.91 Å². The highest BCUT2D eigenvalue weighted by Crippen LogP contribution is 2.31. The number of aliphatic imine (C=N–C) groups is 1. The number of hydrogen-bond acceptors (Lipinski definition) is 3. The minimum atomic E-state index is -0.0799. The highest BCUT2D eigenvalue weighted by Gasteiger charge is 2.33. The first-order valence-electron chi connectivity index (χ1n) is 3.66. The SMILES string of the molecule is O=C1NC(=S)CN=C1C1CC1. The van der Waals surface area contributed by atoms with Gasteiger partial charge in [-0.15, -0.1) is 0 Å². The molecule has 0 saturated heterocycles. The number of thiocarbonyl (C=S) groups is 1. The molecule has 0 unspecified atom stereocenters. The molecule has 1 aliphatic heterocycles. The first-order valence-corrected chi connectivity index (χ1v) is 4.07. The van der Waals surface area contributed by atoms with Crippen LogP contribution in [0.1, 0.15) is 12.8 Å². The quantitative estimate of drug-likeness (QED) is 0.572. The van der Waals surface area contributed by atoms with Crippen molar-refractivity contribution < 1.29 is 4.79 Å². The van der Waals surface area contributed by atoms with Crippen molar-refractivity contribution in [2.75, 3.05) is 6.54 Å². The van der Waals surface area contributed by atoms with Gasteiger partial charge in [-0.2, -0.15) is 0 Å². The molecule has 0 radical (unpaired) electrons. The fourth-order valence-corrected chi connectivity index (χ4v) is 1.29. The van der Waals surface area contributed by atoms with E-state index in [1.807, 2.05) is 0 Å². The Balaban J connectivity index is 2.18. The van der Waals surface area contributed by atoms with Crippen molar-refractivity contribution in [2.45, 2.75) is 12.8 Å². The van der Waals surface area contributed by atoms with Crippen LogP contribution in [0.4, 0.5) is 0 Å². The molecule has 2 rings (SSSR count). The Morgan fingerprint density at radius 3 is 2.82 bits per heavy atom. The lowest BCUT2D eigenvalue weighted by Crippen LogP contribution is -2.41. The van der Waals surface area contributed by atoms with E-state index in [0.29, 0.717) is 23.2 Å². The molecule has 1 fully saturated rings. The number of carbonyl (C=O) groups is 1. The normalized spacial score (nSPS) is 24.5. The molecule has 11 heavy (non-hydrogen) atoms. The smallest absolute Gasteiger partial charge is 0.270 e. The maximum absolute atomic E-state index is 11.2. The molecule has 1 N–H and O–H groups in total. The minimum absolute atomic E-state index is 0.0799. The van der Waals surface area contributed by atoms with Gasteiger partial charge >= 0.3 is 0 Å². The molecule has 1 heterocycles. The fraction of sp³-hybridized carbons (Fsp3) is 0.571. The molecule has 1 amide bonds. The van der Waals surface area contributed by atoms with E-state index in [-0.39, 0.29) is 5.91 Å². The van der Waals surface area contributed by atoms with Gasteiger partial charge in [0.05, 0.1) is 6.54 Å². The summed E-state index contributed by atoms with van der Waals surface area (Å²) in [5.41, 5.74) is 0.707. The third-order valence-electron chi connectivity index (χ3n) is 1.84. The number of carbonyl (C=O) groups excluding carboxylic acids is 1. The van der Waals surface area contributed by atoms with Crippen LogP contribution in [0, 0.1) is 5.92 Å². The van der Waals surface area contributed by atoms with Crippen molar-refractivity contribution in [3.05, 3.63) is 0 Å². The van der Waals surface area contributed by atoms with Crippen molar-refractivity contribution in [2.24, 2.45) is 10.9 Å². The van der Waals surface area contributed by atoms with E-state index in [1.54, 1.807) is 0 Å². The van der Waals surface area contributed by atoms with Gasteiger partial charge in [-0.1, -0.05) is 12.2 Å². The molecule has 0 aromatic heterocycles. The van der Waals surface area contributed by atoms with Gasteiger partial charge in [-0.3, -0.25) is 9.79 Å². The van der Waals surface area contributed by atoms with Gasteiger partial charge < -0.3 is 5.32 Å². The van der Waals surface area contributed by atoms with Crippen LogP contribution in [-0.4, -0.2) is 23.2 Å². The van der Waals surface area contributed by atoms with Crippen LogP contribution in [0.3, 0.4) is 0 Å². The lowest BCUT2D eigenvalue weighted by Gasteiger charge is -2.12. The summed E-state index contributed by atoms with van der Waals surface area (Å²) in [6.07, 6.45) is 2.22. The van der Waals surface area contributed by atoms with Gasteiger partial charge in [0.2, 0.25) is 0 Å². The van der Waals surface area contributed by atoms with E-state index in [9.17, 15) is 4.79 Å². The maximum Gasteiger partial charge on any atom is 0.270 e. The largest absolute Gasteiger partial charge is 0.314 e. The summed E-state index contributed by atoms with van der Waals surface area (Å²) >= 11 is 4.80. The molecule has 3 nitrogen and oxygen atoms in total. The molecule has 0 spiro atoms. The highest BCUT2D eigenvalue weighted by molar-refractivity contribution is 7.80. The van der Waals surface area contributed by atoms with Gasteiger partial charge in [-0.25, -0.2) is 0 Å². The molecule has 0 aromatic carbocycles. The molecule has 58 valence electrons. The lowest BCUT2D eigenvalue weighted by molar-refractivity contribution is -0.113. The van der Waals surface area contributed by atoms with Crippen LogP contribution >= 0.6 is 12.2 Å². The summed E-state index contributed by atoms with van der Waals surface area (Å²) in [6, 6.07) is 0. The van der Waals surface area contributed by atoms with Crippen molar-refractivity contribution in [1.29, 1.82) is 0 Å². The Bertz CT molecular complexity index is 255. The number of amides is 1. The third kappa shape index (κ3) is 1.30. The van der Waals surface area contributed by atoms with E-state index >= 15 is 0 Å². The van der Waals surface area contributed by atoms with E-state index in [1.165, 1.54) is 0 Å². The Kier molecular flexibility index (Phi) is 1.49. The standard InChI is InChI=1S/C7H8N2OS/c10-7-6(4-1-2-4)8-3-5(11)9-7/h4H,1-3H2,(H,9,10,11). The summed E-state index contributed by atoms with van der Waals surface area (Å²) in [5.74, 6) is 0.349. The first-order chi connectivity index (χ1) is 5.27. The summed E-state index contributed by atoms with van der Waals surface area (Å²) in [5, 5.41) is 2.61. The first kappa shape index (κ1) is 6.91. The van der Waals surface area contributed by atoms with E-state index in [4.69, 9.17) is 12.2 Å². The van der Waals surface area contributed by atoms with Crippen LogP contribution in [-0.2, 0) is 4.79 Å².